The molecule has 0 spiro atoms. The van der Waals surface area contributed by atoms with Crippen LogP contribution in [0.15, 0.2) is 102 Å². The molecule has 1 aliphatic rings. The molecule has 0 saturated heterocycles. The molecule has 0 bridgehead atoms. The second-order valence-electron chi connectivity index (χ2n) is 8.36. The molecule has 1 aliphatic heterocycles. The van der Waals surface area contributed by atoms with Crippen molar-refractivity contribution in [2.45, 2.75) is 13.5 Å². The Hall–Kier alpha value is -4.11. The first-order chi connectivity index (χ1) is 15.7. The summed E-state index contributed by atoms with van der Waals surface area (Å²) < 4.78 is 0. The minimum absolute atomic E-state index is 0.805. The predicted octanol–water partition coefficient (Wildman–Crippen LogP) is 7.73. The van der Waals surface area contributed by atoms with Crippen LogP contribution in [0.1, 0.15) is 11.1 Å². The van der Waals surface area contributed by atoms with E-state index in [0.717, 1.165) is 29.3 Å². The lowest BCUT2D eigenvalue weighted by Gasteiger charge is -2.25. The molecule has 0 aromatic heterocycles. The first-order valence-corrected chi connectivity index (χ1v) is 10.9. The van der Waals surface area contributed by atoms with E-state index in [1.54, 1.807) is 0 Å². The van der Waals surface area contributed by atoms with E-state index >= 15 is 0 Å². The number of hydrogen-bond donors (Lipinski definition) is 1. The van der Waals surface area contributed by atoms with E-state index < -0.39 is 0 Å². The molecular weight excluding hydrogens is 390 g/mol. The zero-order chi connectivity index (χ0) is 21.5. The number of aliphatic imine (C=N–C) groups is 1. The Kier molecular flexibility index (Phi) is 4.39. The van der Waals surface area contributed by atoms with Gasteiger partial charge in [-0.3, -0.25) is 0 Å². The number of hydrogen-bond acceptors (Lipinski definition) is 3. The van der Waals surface area contributed by atoms with Crippen LogP contribution in [0.4, 0.5) is 22.7 Å². The highest BCUT2D eigenvalue weighted by molar-refractivity contribution is 6.07. The summed E-state index contributed by atoms with van der Waals surface area (Å²) in [6.07, 6.45) is 1.94. The Morgan fingerprint density at radius 3 is 2.41 bits per heavy atom. The van der Waals surface area contributed by atoms with E-state index in [2.05, 4.69) is 108 Å². The fourth-order valence-electron chi connectivity index (χ4n) is 4.46. The van der Waals surface area contributed by atoms with Crippen molar-refractivity contribution in [1.29, 1.82) is 0 Å². The Morgan fingerprint density at radius 1 is 0.750 bits per heavy atom. The molecule has 6 rings (SSSR count). The number of nitrogens with one attached hydrogen (secondary N) is 1. The third-order valence-electron chi connectivity index (χ3n) is 6.19. The Balaban J connectivity index is 1.48. The number of fused-ring (bicyclic) bond motifs is 4. The van der Waals surface area contributed by atoms with E-state index in [9.17, 15) is 0 Å². The van der Waals surface area contributed by atoms with E-state index in [0.29, 0.717) is 0 Å². The van der Waals surface area contributed by atoms with Crippen LogP contribution in [0, 0.1) is 6.92 Å². The SMILES string of the molecule is Cc1ccc(Nc2cccc3cc4ccc5c(c4cc23)CN(c2ccccc2)C=N5)cc1. The number of anilines is 3. The second kappa shape index (κ2) is 7.54. The van der Waals surface area contributed by atoms with Crippen LogP contribution in [0.25, 0.3) is 21.5 Å². The predicted molar refractivity (Wildman–Crippen MR) is 137 cm³/mol. The van der Waals surface area contributed by atoms with Crippen LogP contribution < -0.4 is 10.2 Å². The minimum atomic E-state index is 0.805. The molecule has 0 atom stereocenters. The summed E-state index contributed by atoms with van der Waals surface area (Å²) in [4.78, 5) is 6.98. The van der Waals surface area contributed by atoms with E-state index in [4.69, 9.17) is 4.99 Å². The monoisotopic (exact) mass is 413 g/mol. The van der Waals surface area contributed by atoms with Crippen molar-refractivity contribution in [2.24, 2.45) is 4.99 Å². The van der Waals surface area contributed by atoms with Gasteiger partial charge in [-0.2, -0.15) is 0 Å². The first-order valence-electron chi connectivity index (χ1n) is 10.9. The number of para-hydroxylation sites is 1. The number of benzene rings is 5. The van der Waals surface area contributed by atoms with Gasteiger partial charge in [0.15, 0.2) is 0 Å². The van der Waals surface area contributed by atoms with Gasteiger partial charge in [-0.05, 0) is 71.6 Å². The first kappa shape index (κ1) is 18.6. The van der Waals surface area contributed by atoms with Crippen molar-refractivity contribution < 1.29 is 0 Å². The average molecular weight is 414 g/mol. The van der Waals surface area contributed by atoms with Gasteiger partial charge in [0.1, 0.15) is 0 Å². The quantitative estimate of drug-likeness (QED) is 0.307. The topological polar surface area (TPSA) is 27.6 Å². The smallest absolute Gasteiger partial charge is 0.0960 e. The highest BCUT2D eigenvalue weighted by Crippen LogP contribution is 2.37. The lowest BCUT2D eigenvalue weighted by Crippen LogP contribution is -2.23. The molecule has 3 heteroatoms. The van der Waals surface area contributed by atoms with Crippen molar-refractivity contribution in [3.8, 4) is 0 Å². The molecule has 0 amide bonds. The zero-order valence-corrected chi connectivity index (χ0v) is 17.9. The number of nitrogens with zero attached hydrogens (tertiary/aromatic N) is 2. The molecule has 0 radical (unpaired) electrons. The largest absolute Gasteiger partial charge is 0.355 e. The summed E-state index contributed by atoms with van der Waals surface area (Å²) in [6.45, 7) is 2.91. The van der Waals surface area contributed by atoms with Gasteiger partial charge < -0.3 is 10.2 Å². The van der Waals surface area contributed by atoms with Crippen LogP contribution in [0.5, 0.6) is 0 Å². The Labute approximate surface area is 187 Å². The zero-order valence-electron chi connectivity index (χ0n) is 17.9. The minimum Gasteiger partial charge on any atom is -0.355 e. The maximum Gasteiger partial charge on any atom is 0.0960 e. The molecule has 154 valence electrons. The fraction of sp³-hybridized carbons (Fsp3) is 0.0690. The molecule has 1 N–H and O–H groups in total. The molecule has 5 aromatic rings. The Morgan fingerprint density at radius 2 is 1.56 bits per heavy atom. The average Bonchev–Trinajstić information content (AvgIpc) is 2.85. The normalized spacial score (nSPS) is 12.8. The lowest BCUT2D eigenvalue weighted by molar-refractivity contribution is 1.01. The van der Waals surface area contributed by atoms with Crippen molar-refractivity contribution in [1.82, 2.24) is 0 Å². The van der Waals surface area contributed by atoms with Gasteiger partial charge in [-0.1, -0.05) is 54.1 Å². The third-order valence-corrected chi connectivity index (χ3v) is 6.19. The molecule has 32 heavy (non-hydrogen) atoms. The second-order valence-corrected chi connectivity index (χ2v) is 8.36. The summed E-state index contributed by atoms with van der Waals surface area (Å²) in [5.74, 6) is 0. The summed E-state index contributed by atoms with van der Waals surface area (Å²) in [7, 11) is 0. The van der Waals surface area contributed by atoms with Gasteiger partial charge in [0.25, 0.3) is 0 Å². The van der Waals surface area contributed by atoms with Crippen molar-refractivity contribution in [3.63, 3.8) is 0 Å². The van der Waals surface area contributed by atoms with Gasteiger partial charge in [0.2, 0.25) is 0 Å². The molecule has 1 heterocycles. The van der Waals surface area contributed by atoms with Gasteiger partial charge in [0.05, 0.1) is 18.6 Å². The highest BCUT2D eigenvalue weighted by Gasteiger charge is 2.17. The number of rotatable bonds is 3. The lowest BCUT2D eigenvalue weighted by atomic mass is 9.96. The summed E-state index contributed by atoms with van der Waals surface area (Å²) in [5, 5.41) is 8.56. The molecule has 0 unspecified atom stereocenters. The van der Waals surface area contributed by atoms with E-state index in [1.165, 1.54) is 32.7 Å². The van der Waals surface area contributed by atoms with Gasteiger partial charge in [0, 0.05) is 28.0 Å². The maximum absolute atomic E-state index is 4.76. The van der Waals surface area contributed by atoms with Crippen LogP contribution in [0.3, 0.4) is 0 Å². The van der Waals surface area contributed by atoms with Crippen molar-refractivity contribution >= 4 is 50.6 Å². The van der Waals surface area contributed by atoms with Gasteiger partial charge in [-0.25, -0.2) is 4.99 Å². The van der Waals surface area contributed by atoms with Gasteiger partial charge in [-0.15, -0.1) is 0 Å². The van der Waals surface area contributed by atoms with E-state index in [1.807, 2.05) is 12.4 Å². The van der Waals surface area contributed by atoms with Gasteiger partial charge >= 0.3 is 0 Å². The Bertz CT molecular complexity index is 1470. The van der Waals surface area contributed by atoms with Crippen molar-refractivity contribution in [3.05, 3.63) is 108 Å². The molecule has 0 saturated carbocycles. The van der Waals surface area contributed by atoms with Crippen LogP contribution in [-0.4, -0.2) is 6.34 Å². The number of aryl methyl sites for hydroxylation is 1. The van der Waals surface area contributed by atoms with Crippen molar-refractivity contribution in [2.75, 3.05) is 10.2 Å². The molecule has 0 fully saturated rings. The standard InChI is InChI=1S/C29H23N3/c1-20-10-13-23(14-11-20)31-29-9-5-6-21-16-22-12-15-28-27(25(22)17-26(21)29)18-32(19-30-28)24-7-3-2-4-8-24/h2-17,19,31H,18H2,1H3. The highest BCUT2D eigenvalue weighted by atomic mass is 15.2. The molecular formula is C29H23N3. The maximum atomic E-state index is 4.76. The molecule has 0 aliphatic carbocycles. The fourth-order valence-corrected chi connectivity index (χ4v) is 4.46. The van der Waals surface area contributed by atoms with Crippen LogP contribution >= 0.6 is 0 Å². The van der Waals surface area contributed by atoms with E-state index in [-0.39, 0.29) is 0 Å². The molecule has 5 aromatic carbocycles. The summed E-state index contributed by atoms with van der Waals surface area (Å²) in [5.41, 5.74) is 6.94. The summed E-state index contributed by atoms with van der Waals surface area (Å²) in [6, 6.07) is 34.3. The third kappa shape index (κ3) is 3.28. The summed E-state index contributed by atoms with van der Waals surface area (Å²) >= 11 is 0. The van der Waals surface area contributed by atoms with Crippen LogP contribution in [-0.2, 0) is 6.54 Å². The van der Waals surface area contributed by atoms with Crippen LogP contribution in [0.2, 0.25) is 0 Å². The molecule has 3 nitrogen and oxygen atoms in total.